The summed E-state index contributed by atoms with van der Waals surface area (Å²) in [6.45, 7) is 16.4. The molecule has 1 N–H and O–H groups in total. The predicted octanol–water partition coefficient (Wildman–Crippen LogP) is 7.08. The van der Waals surface area contributed by atoms with Crippen LogP contribution in [0.25, 0.3) is 0 Å². The second-order valence-electron chi connectivity index (χ2n) is 12.4. The first-order chi connectivity index (χ1) is 29.6. The standard InChI is InChI=1S/C43H44O11.C5H8O2/c1-4-39(45)52-28-25-49-36-17-9-32(10-18-36)42(31-7-15-35(16-8-31)48-24-23-44)43(33-11-19-37(20-12-33)50-26-29-53-40(46)5-2)34-13-21-38(22-14-34)51-27-30-54-41(47)6-3;1-3-5(6)7-4-2/h4-22,42-44H,1-3,23-30H2;3H,1,4H2,2H3. The smallest absolute Gasteiger partial charge is 0.330 e. The van der Waals surface area contributed by atoms with Gasteiger partial charge in [-0.15, -0.1) is 0 Å². The van der Waals surface area contributed by atoms with E-state index in [0.717, 1.165) is 46.6 Å². The molecular weight excluding hydrogens is 785 g/mol. The lowest BCUT2D eigenvalue weighted by Crippen LogP contribution is -2.15. The second kappa shape index (κ2) is 27.5. The van der Waals surface area contributed by atoms with Gasteiger partial charge in [0.2, 0.25) is 0 Å². The molecule has 1 unspecified atom stereocenters. The molecule has 0 bridgehead atoms. The van der Waals surface area contributed by atoms with E-state index in [-0.39, 0.29) is 70.7 Å². The third-order valence-electron chi connectivity index (χ3n) is 8.39. The zero-order valence-electron chi connectivity index (χ0n) is 34.2. The number of aliphatic hydroxyl groups is 1. The number of hydrogen-bond donors (Lipinski definition) is 1. The van der Waals surface area contributed by atoms with Crippen LogP contribution in [0.5, 0.6) is 23.0 Å². The minimum Gasteiger partial charge on any atom is -0.491 e. The maximum Gasteiger partial charge on any atom is 0.330 e. The van der Waals surface area contributed by atoms with Gasteiger partial charge in [0.25, 0.3) is 0 Å². The quantitative estimate of drug-likeness (QED) is 0.0312. The lowest BCUT2D eigenvalue weighted by molar-refractivity contribution is -0.139. The molecule has 13 nitrogen and oxygen atoms in total. The van der Waals surface area contributed by atoms with Crippen LogP contribution < -0.4 is 18.9 Å². The summed E-state index contributed by atoms with van der Waals surface area (Å²) in [5.74, 6) is 0.0838. The fourth-order valence-corrected chi connectivity index (χ4v) is 5.69. The number of carbonyl (C=O) groups excluding carboxylic acids is 4. The highest BCUT2D eigenvalue weighted by atomic mass is 16.6. The molecule has 0 aliphatic rings. The van der Waals surface area contributed by atoms with Gasteiger partial charge in [-0.05, 0) is 77.7 Å². The molecule has 0 heterocycles. The van der Waals surface area contributed by atoms with Crippen LogP contribution in [0.2, 0.25) is 0 Å². The summed E-state index contributed by atoms with van der Waals surface area (Å²) in [7, 11) is 0. The Labute approximate surface area is 356 Å². The van der Waals surface area contributed by atoms with Crippen LogP contribution in [0.4, 0.5) is 0 Å². The van der Waals surface area contributed by atoms with Crippen LogP contribution in [0.15, 0.2) is 148 Å². The molecule has 1 atom stereocenters. The van der Waals surface area contributed by atoms with E-state index in [2.05, 4.69) is 31.1 Å². The Morgan fingerprint density at radius 3 is 0.885 bits per heavy atom. The van der Waals surface area contributed by atoms with Gasteiger partial charge in [0, 0.05) is 36.1 Å². The summed E-state index contributed by atoms with van der Waals surface area (Å²) < 4.78 is 42.7. The largest absolute Gasteiger partial charge is 0.491 e. The highest BCUT2D eigenvalue weighted by Crippen LogP contribution is 2.44. The lowest BCUT2D eigenvalue weighted by Gasteiger charge is -2.30. The second-order valence-corrected chi connectivity index (χ2v) is 12.4. The van der Waals surface area contributed by atoms with Gasteiger partial charge in [-0.25, -0.2) is 19.2 Å². The first-order valence-electron chi connectivity index (χ1n) is 19.3. The molecule has 0 amide bonds. The minimum atomic E-state index is -0.517. The number of ether oxygens (including phenoxy) is 8. The highest BCUT2D eigenvalue weighted by molar-refractivity contribution is 5.82. The lowest BCUT2D eigenvalue weighted by atomic mass is 9.73. The van der Waals surface area contributed by atoms with Crippen molar-refractivity contribution in [1.29, 1.82) is 0 Å². The SMILES string of the molecule is C=CC(=O)OCC.C=CC(=O)OCCOc1ccc(C(c2ccc(OCCO)cc2)C(c2ccc(OCCOC(=O)C=C)cc2)c2ccc(OCCOC(=O)C=C)cc2)cc1. The van der Waals surface area contributed by atoms with Crippen LogP contribution in [-0.4, -0.2) is 88.4 Å². The van der Waals surface area contributed by atoms with Crippen molar-refractivity contribution in [2.45, 2.75) is 18.8 Å². The number of hydrogen-bond acceptors (Lipinski definition) is 13. The van der Waals surface area contributed by atoms with Gasteiger partial charge < -0.3 is 43.0 Å². The van der Waals surface area contributed by atoms with E-state index in [1.165, 1.54) is 0 Å². The third kappa shape index (κ3) is 17.3. The van der Waals surface area contributed by atoms with Gasteiger partial charge >= 0.3 is 23.9 Å². The molecule has 0 aromatic heterocycles. The summed E-state index contributed by atoms with van der Waals surface area (Å²) in [6.07, 6.45) is 4.45. The molecule has 0 saturated heterocycles. The molecule has 4 rings (SSSR count). The summed E-state index contributed by atoms with van der Waals surface area (Å²) in [4.78, 5) is 44.3. The van der Waals surface area contributed by atoms with Gasteiger partial charge in [-0.3, -0.25) is 0 Å². The molecule has 0 fully saturated rings. The molecule has 0 aliphatic carbocycles. The topological polar surface area (TPSA) is 162 Å². The number of aliphatic hydroxyl groups excluding tert-OH is 1. The summed E-state index contributed by atoms with van der Waals surface area (Å²) in [6, 6.07) is 31.0. The average molecular weight is 837 g/mol. The van der Waals surface area contributed by atoms with Crippen molar-refractivity contribution in [3.63, 3.8) is 0 Å². The van der Waals surface area contributed by atoms with Gasteiger partial charge in [0.05, 0.1) is 13.2 Å². The first-order valence-corrected chi connectivity index (χ1v) is 19.3. The summed E-state index contributed by atoms with van der Waals surface area (Å²) in [5, 5.41) is 9.27. The fourth-order valence-electron chi connectivity index (χ4n) is 5.69. The fraction of sp³-hybridized carbons (Fsp3) is 0.250. The Balaban J connectivity index is 0.00000130. The van der Waals surface area contributed by atoms with Crippen molar-refractivity contribution in [1.82, 2.24) is 0 Å². The molecule has 0 radical (unpaired) electrons. The zero-order valence-corrected chi connectivity index (χ0v) is 34.2. The monoisotopic (exact) mass is 836 g/mol. The summed E-state index contributed by atoms with van der Waals surface area (Å²) in [5.41, 5.74) is 3.96. The molecular formula is C48H52O13. The maximum atomic E-state index is 11.4. The van der Waals surface area contributed by atoms with Crippen molar-refractivity contribution in [2.75, 3.05) is 59.5 Å². The van der Waals surface area contributed by atoms with Gasteiger partial charge in [0.1, 0.15) is 69.2 Å². The normalized spacial score (nSPS) is 10.7. The molecule has 61 heavy (non-hydrogen) atoms. The molecule has 4 aromatic carbocycles. The van der Waals surface area contributed by atoms with Crippen LogP contribution in [0.1, 0.15) is 41.0 Å². The number of esters is 4. The van der Waals surface area contributed by atoms with E-state index < -0.39 is 17.9 Å². The van der Waals surface area contributed by atoms with Gasteiger partial charge in [-0.2, -0.15) is 0 Å². The molecule has 0 aliphatic heterocycles. The van der Waals surface area contributed by atoms with Crippen molar-refractivity contribution < 1.29 is 62.2 Å². The molecule has 0 spiro atoms. The maximum absolute atomic E-state index is 11.4. The van der Waals surface area contributed by atoms with Crippen LogP contribution >= 0.6 is 0 Å². The van der Waals surface area contributed by atoms with Crippen LogP contribution in [0.3, 0.4) is 0 Å². The van der Waals surface area contributed by atoms with E-state index in [9.17, 15) is 24.3 Å². The predicted molar refractivity (Wildman–Crippen MR) is 229 cm³/mol. The molecule has 4 aromatic rings. The number of carbonyl (C=O) groups is 4. The molecule has 13 heteroatoms. The minimum absolute atomic E-state index is 0.0834. The Kier molecular flexibility index (Phi) is 21.8. The molecule has 0 saturated carbocycles. The van der Waals surface area contributed by atoms with Crippen molar-refractivity contribution in [3.05, 3.63) is 170 Å². The van der Waals surface area contributed by atoms with Gasteiger partial charge in [-0.1, -0.05) is 74.8 Å². The number of benzene rings is 4. The van der Waals surface area contributed by atoms with Crippen LogP contribution in [-0.2, 0) is 38.1 Å². The van der Waals surface area contributed by atoms with Crippen molar-refractivity contribution in [3.8, 4) is 23.0 Å². The Bertz CT molecular complexity index is 1920. The average Bonchev–Trinajstić information content (AvgIpc) is 3.30. The summed E-state index contributed by atoms with van der Waals surface area (Å²) >= 11 is 0. The Morgan fingerprint density at radius 2 is 0.672 bits per heavy atom. The van der Waals surface area contributed by atoms with Crippen molar-refractivity contribution in [2.24, 2.45) is 0 Å². The Hall–Kier alpha value is -7.12. The zero-order chi connectivity index (χ0) is 44.2. The van der Waals surface area contributed by atoms with E-state index in [4.69, 9.17) is 33.2 Å². The first kappa shape index (κ1) is 48.3. The van der Waals surface area contributed by atoms with E-state index in [1.807, 2.05) is 97.1 Å². The third-order valence-corrected chi connectivity index (χ3v) is 8.39. The highest BCUT2D eigenvalue weighted by Gasteiger charge is 2.29. The molecule has 322 valence electrons. The van der Waals surface area contributed by atoms with Crippen molar-refractivity contribution >= 4 is 23.9 Å². The Morgan fingerprint density at radius 1 is 0.426 bits per heavy atom. The number of rotatable bonds is 25. The van der Waals surface area contributed by atoms with E-state index >= 15 is 0 Å². The van der Waals surface area contributed by atoms with E-state index in [1.54, 1.807) is 6.92 Å². The van der Waals surface area contributed by atoms with Gasteiger partial charge in [0.15, 0.2) is 0 Å². The van der Waals surface area contributed by atoms with Crippen LogP contribution in [0, 0.1) is 0 Å². The van der Waals surface area contributed by atoms with E-state index in [0.29, 0.717) is 29.6 Å².